The molecule has 3 aromatic heterocycles. The molecule has 124 valence electrons. The minimum absolute atomic E-state index is 0.159. The van der Waals surface area contributed by atoms with E-state index in [1.165, 1.54) is 6.08 Å². The third-order valence-electron chi connectivity index (χ3n) is 3.86. The predicted octanol–water partition coefficient (Wildman–Crippen LogP) is 3.58. The fourth-order valence-corrected chi connectivity index (χ4v) is 3.50. The summed E-state index contributed by atoms with van der Waals surface area (Å²) in [7, 11) is 0. The summed E-state index contributed by atoms with van der Waals surface area (Å²) < 4.78 is 3.08. The van der Waals surface area contributed by atoms with E-state index in [2.05, 4.69) is 15.3 Å². The summed E-state index contributed by atoms with van der Waals surface area (Å²) in [6.07, 6.45) is 7.14. The third-order valence-corrected chi connectivity index (χ3v) is 4.86. The fourth-order valence-electron chi connectivity index (χ4n) is 2.63. The predicted molar refractivity (Wildman–Crippen MR) is 100 cm³/mol. The van der Waals surface area contributed by atoms with Crippen molar-refractivity contribution in [2.24, 2.45) is 0 Å². The molecule has 1 N–H and O–H groups in total. The van der Waals surface area contributed by atoms with Crippen molar-refractivity contribution in [3.8, 4) is 0 Å². The van der Waals surface area contributed by atoms with Gasteiger partial charge in [0, 0.05) is 18.5 Å². The number of imidazole rings is 1. The van der Waals surface area contributed by atoms with Crippen LogP contribution in [0.3, 0.4) is 0 Å². The Hall–Kier alpha value is -2.99. The zero-order valence-electron chi connectivity index (χ0n) is 13.6. The number of carbonyl (C=O) groups excluding carboxylic acids is 1. The smallest absolute Gasteiger partial charge is 0.244 e. The quantitative estimate of drug-likeness (QED) is 0.574. The first kappa shape index (κ1) is 15.5. The normalized spacial score (nSPS) is 11.6. The Morgan fingerprint density at radius 3 is 2.96 bits per heavy atom. The topological polar surface area (TPSA) is 59.3 Å². The van der Waals surface area contributed by atoms with Gasteiger partial charge >= 0.3 is 0 Å². The van der Waals surface area contributed by atoms with Gasteiger partial charge in [-0.2, -0.15) is 0 Å². The van der Waals surface area contributed by atoms with Crippen LogP contribution in [0.25, 0.3) is 21.9 Å². The van der Waals surface area contributed by atoms with Crippen molar-refractivity contribution in [2.45, 2.75) is 13.5 Å². The van der Waals surface area contributed by atoms with Gasteiger partial charge in [0.25, 0.3) is 0 Å². The highest BCUT2D eigenvalue weighted by Gasteiger charge is 2.05. The summed E-state index contributed by atoms with van der Waals surface area (Å²) in [6, 6.07) is 11.9. The van der Waals surface area contributed by atoms with Crippen LogP contribution in [0.2, 0.25) is 0 Å². The number of nitrogens with zero attached hydrogens (tertiary/aromatic N) is 3. The number of aromatic nitrogens is 3. The Morgan fingerprint density at radius 1 is 1.24 bits per heavy atom. The zero-order chi connectivity index (χ0) is 17.2. The van der Waals surface area contributed by atoms with E-state index in [9.17, 15) is 4.79 Å². The molecule has 0 saturated carbocycles. The van der Waals surface area contributed by atoms with E-state index >= 15 is 0 Å². The monoisotopic (exact) mass is 348 g/mol. The van der Waals surface area contributed by atoms with E-state index in [1.54, 1.807) is 17.4 Å². The lowest BCUT2D eigenvalue weighted by atomic mass is 10.3. The molecule has 1 amide bonds. The first-order chi connectivity index (χ1) is 12.2. The number of amides is 1. The van der Waals surface area contributed by atoms with E-state index in [0.29, 0.717) is 6.54 Å². The molecule has 1 aromatic carbocycles. The molecular weight excluding hydrogens is 332 g/mol. The number of hydrogen-bond donors (Lipinski definition) is 1. The molecule has 0 bridgehead atoms. The number of nitrogens with one attached hydrogen (secondary N) is 1. The average molecular weight is 348 g/mol. The van der Waals surface area contributed by atoms with Gasteiger partial charge in [0.1, 0.15) is 10.7 Å². The number of carbonyl (C=O) groups is 1. The van der Waals surface area contributed by atoms with Crippen LogP contribution in [0, 0.1) is 6.92 Å². The van der Waals surface area contributed by atoms with Crippen LogP contribution in [-0.4, -0.2) is 20.3 Å². The molecular formula is C19H16N4OS. The van der Waals surface area contributed by atoms with Crippen molar-refractivity contribution in [2.75, 3.05) is 0 Å². The number of pyridine rings is 1. The number of hydrogen-bond acceptors (Lipinski definition) is 4. The molecule has 0 unspecified atom stereocenters. The van der Waals surface area contributed by atoms with Crippen LogP contribution in [0.1, 0.15) is 16.3 Å². The Balaban J connectivity index is 1.42. The number of aryl methyl sites for hydroxylation is 1. The van der Waals surface area contributed by atoms with E-state index in [4.69, 9.17) is 0 Å². The molecule has 5 nitrogen and oxygen atoms in total. The maximum Gasteiger partial charge on any atom is 0.244 e. The van der Waals surface area contributed by atoms with Gasteiger partial charge in [-0.25, -0.2) is 9.97 Å². The number of fused-ring (bicyclic) bond motifs is 2. The van der Waals surface area contributed by atoms with Crippen molar-refractivity contribution in [1.29, 1.82) is 0 Å². The minimum Gasteiger partial charge on any atom is -0.347 e. The molecule has 25 heavy (non-hydrogen) atoms. The maximum absolute atomic E-state index is 12.0. The summed E-state index contributed by atoms with van der Waals surface area (Å²) >= 11 is 1.56. The Morgan fingerprint density at radius 2 is 2.12 bits per heavy atom. The van der Waals surface area contributed by atoms with Gasteiger partial charge in [-0.3, -0.25) is 4.79 Å². The molecule has 0 spiro atoms. The molecule has 4 aromatic rings. The molecule has 0 aliphatic rings. The second kappa shape index (κ2) is 6.49. The van der Waals surface area contributed by atoms with Crippen LogP contribution < -0.4 is 5.32 Å². The molecule has 0 fully saturated rings. The first-order valence-corrected chi connectivity index (χ1v) is 8.75. The number of rotatable bonds is 4. The highest BCUT2D eigenvalue weighted by Crippen LogP contribution is 2.22. The summed E-state index contributed by atoms with van der Waals surface area (Å²) in [6.45, 7) is 2.41. The van der Waals surface area contributed by atoms with Gasteiger partial charge in [-0.15, -0.1) is 11.3 Å². The lowest BCUT2D eigenvalue weighted by Crippen LogP contribution is -2.20. The van der Waals surface area contributed by atoms with Crippen molar-refractivity contribution in [1.82, 2.24) is 19.7 Å². The van der Waals surface area contributed by atoms with Gasteiger partial charge < -0.3 is 9.72 Å². The number of thiazole rings is 1. The van der Waals surface area contributed by atoms with Gasteiger partial charge in [0.2, 0.25) is 5.91 Å². The zero-order valence-corrected chi connectivity index (χ0v) is 14.5. The van der Waals surface area contributed by atoms with Crippen LogP contribution in [0.4, 0.5) is 0 Å². The van der Waals surface area contributed by atoms with Gasteiger partial charge in [-0.1, -0.05) is 18.2 Å². The van der Waals surface area contributed by atoms with Gasteiger partial charge in [0.15, 0.2) is 0 Å². The summed E-state index contributed by atoms with van der Waals surface area (Å²) in [4.78, 5) is 21.1. The Labute approximate surface area is 148 Å². The fraction of sp³-hybridized carbons (Fsp3) is 0.105. The van der Waals surface area contributed by atoms with E-state index in [0.717, 1.165) is 32.1 Å². The molecule has 0 aliphatic carbocycles. The molecule has 4 rings (SSSR count). The molecule has 6 heteroatoms. The number of para-hydroxylation sites is 1. The third kappa shape index (κ3) is 3.29. The van der Waals surface area contributed by atoms with Crippen molar-refractivity contribution < 1.29 is 4.79 Å². The molecule has 0 radical (unpaired) electrons. The SMILES string of the molecule is Cc1cccn2cc(CNC(=O)/C=C/c3nc4ccccc4s3)nc12. The molecule has 0 atom stereocenters. The Bertz CT molecular complexity index is 1060. The van der Waals surface area contributed by atoms with Crippen LogP contribution in [-0.2, 0) is 11.3 Å². The Kier molecular flexibility index (Phi) is 4.03. The second-order valence-electron chi connectivity index (χ2n) is 5.73. The summed E-state index contributed by atoms with van der Waals surface area (Å²) in [5, 5.41) is 3.68. The second-order valence-corrected chi connectivity index (χ2v) is 6.79. The summed E-state index contributed by atoms with van der Waals surface area (Å²) in [5.74, 6) is -0.159. The van der Waals surface area contributed by atoms with E-state index in [-0.39, 0.29) is 5.91 Å². The van der Waals surface area contributed by atoms with Crippen molar-refractivity contribution in [3.05, 3.63) is 71.1 Å². The number of benzene rings is 1. The van der Waals surface area contributed by atoms with Gasteiger partial charge in [-0.05, 0) is 36.8 Å². The maximum atomic E-state index is 12.0. The van der Waals surface area contributed by atoms with Crippen molar-refractivity contribution >= 4 is 39.2 Å². The van der Waals surface area contributed by atoms with Crippen LogP contribution in [0.5, 0.6) is 0 Å². The van der Waals surface area contributed by atoms with Crippen LogP contribution in [0.15, 0.2) is 54.9 Å². The minimum atomic E-state index is -0.159. The van der Waals surface area contributed by atoms with E-state index in [1.807, 2.05) is 60.1 Å². The standard InChI is InChI=1S/C19H16N4OS/c1-13-5-4-10-23-12-14(21-19(13)23)11-20-17(24)8-9-18-22-15-6-2-3-7-16(15)25-18/h2-10,12H,11H2,1H3,(H,20,24)/b9-8+. The molecule has 3 heterocycles. The molecule has 0 saturated heterocycles. The lowest BCUT2D eigenvalue weighted by molar-refractivity contribution is -0.116. The average Bonchev–Trinajstić information content (AvgIpc) is 3.22. The summed E-state index contributed by atoms with van der Waals surface area (Å²) in [5.41, 5.74) is 3.80. The van der Waals surface area contributed by atoms with Gasteiger partial charge in [0.05, 0.1) is 22.5 Å². The largest absolute Gasteiger partial charge is 0.347 e. The highest BCUT2D eigenvalue weighted by molar-refractivity contribution is 7.19. The lowest BCUT2D eigenvalue weighted by Gasteiger charge is -1.97. The van der Waals surface area contributed by atoms with E-state index < -0.39 is 0 Å². The van der Waals surface area contributed by atoms with Crippen molar-refractivity contribution in [3.63, 3.8) is 0 Å². The highest BCUT2D eigenvalue weighted by atomic mass is 32.1. The first-order valence-electron chi connectivity index (χ1n) is 7.94. The van der Waals surface area contributed by atoms with Crippen LogP contribution >= 0.6 is 11.3 Å². The molecule has 0 aliphatic heterocycles.